The van der Waals surface area contributed by atoms with Crippen molar-refractivity contribution < 1.29 is 4.74 Å². The Bertz CT molecular complexity index is 180. The zero-order valence-electron chi connectivity index (χ0n) is 11.5. The second-order valence-corrected chi connectivity index (χ2v) is 5.21. The highest BCUT2D eigenvalue weighted by Gasteiger charge is 2.18. The third kappa shape index (κ3) is 6.99. The first-order valence-corrected chi connectivity index (χ1v) is 6.91. The van der Waals surface area contributed by atoms with E-state index in [9.17, 15) is 0 Å². The van der Waals surface area contributed by atoms with E-state index in [1.807, 2.05) is 0 Å². The number of nitrogens with two attached hydrogens (primary N) is 1. The van der Waals surface area contributed by atoms with Gasteiger partial charge in [-0.2, -0.15) is 0 Å². The minimum Gasteiger partial charge on any atom is -0.378 e. The van der Waals surface area contributed by atoms with Crippen LogP contribution in [-0.2, 0) is 4.74 Å². The van der Waals surface area contributed by atoms with E-state index in [0.717, 1.165) is 19.6 Å². The van der Waals surface area contributed by atoms with Gasteiger partial charge in [0.25, 0.3) is 0 Å². The molecule has 0 aromatic heterocycles. The molecule has 0 aromatic carbocycles. The minimum atomic E-state index is 0.478. The smallest absolute Gasteiger partial charge is 0.0599 e. The molecule has 1 saturated heterocycles. The molecule has 1 fully saturated rings. The van der Waals surface area contributed by atoms with Crippen LogP contribution in [0.4, 0.5) is 0 Å². The molecule has 1 rings (SSSR count). The van der Waals surface area contributed by atoms with Crippen LogP contribution >= 0.6 is 0 Å². The van der Waals surface area contributed by atoms with Gasteiger partial charge in [-0.1, -0.05) is 0 Å². The maximum absolute atomic E-state index is 5.80. The quantitative estimate of drug-likeness (QED) is 0.639. The zero-order valence-corrected chi connectivity index (χ0v) is 11.5. The highest BCUT2D eigenvalue weighted by Crippen LogP contribution is 2.14. The van der Waals surface area contributed by atoms with Gasteiger partial charge in [-0.25, -0.2) is 0 Å². The van der Waals surface area contributed by atoms with Crippen molar-refractivity contribution in [3.05, 3.63) is 0 Å². The lowest BCUT2D eigenvalue weighted by molar-refractivity contribution is 0.00685. The predicted molar refractivity (Wildman–Crippen MR) is 72.3 cm³/mol. The van der Waals surface area contributed by atoms with E-state index >= 15 is 0 Å². The summed E-state index contributed by atoms with van der Waals surface area (Å²) in [4.78, 5) is 4.81. The van der Waals surface area contributed by atoms with Crippen LogP contribution in [0.5, 0.6) is 0 Å². The normalized spacial score (nSPS) is 19.1. The van der Waals surface area contributed by atoms with E-state index in [1.54, 1.807) is 0 Å². The Hall–Kier alpha value is -0.160. The van der Waals surface area contributed by atoms with Crippen LogP contribution in [0, 0.1) is 0 Å². The molecular formula is C13H29N3O. The average Bonchev–Trinajstić information content (AvgIpc) is 2.31. The van der Waals surface area contributed by atoms with Crippen LogP contribution in [-0.4, -0.2) is 69.3 Å². The van der Waals surface area contributed by atoms with Crippen molar-refractivity contribution in [3.8, 4) is 0 Å². The van der Waals surface area contributed by atoms with E-state index in [0.29, 0.717) is 6.10 Å². The van der Waals surface area contributed by atoms with Crippen LogP contribution in [0.3, 0.4) is 0 Å². The average molecular weight is 243 g/mol. The van der Waals surface area contributed by atoms with Crippen LogP contribution in [0.2, 0.25) is 0 Å². The third-order valence-corrected chi connectivity index (χ3v) is 3.32. The molecule has 4 nitrogen and oxygen atoms in total. The lowest BCUT2D eigenvalue weighted by atomic mass is 10.1. The van der Waals surface area contributed by atoms with Gasteiger partial charge in [0.05, 0.1) is 6.10 Å². The molecule has 1 aliphatic rings. The van der Waals surface area contributed by atoms with Crippen molar-refractivity contribution in [2.45, 2.75) is 31.8 Å². The number of likely N-dealkylation sites (tertiary alicyclic amines) is 1. The molecule has 0 spiro atoms. The molecule has 2 N–H and O–H groups in total. The number of piperidine rings is 1. The third-order valence-electron chi connectivity index (χ3n) is 3.32. The molecule has 17 heavy (non-hydrogen) atoms. The standard InChI is InChI=1S/C13H29N3O/c1-15(2)8-4-9-16-10-5-13(6-11-16)17-12-3-7-14/h13H,3-12,14H2,1-2H3. The Morgan fingerprint density at radius 2 is 1.94 bits per heavy atom. The van der Waals surface area contributed by atoms with Gasteiger partial charge in [0, 0.05) is 19.7 Å². The highest BCUT2D eigenvalue weighted by atomic mass is 16.5. The number of hydrogen-bond donors (Lipinski definition) is 1. The van der Waals surface area contributed by atoms with Crippen LogP contribution < -0.4 is 5.73 Å². The molecule has 0 saturated carbocycles. The summed E-state index contributed by atoms with van der Waals surface area (Å²) in [6.45, 7) is 6.38. The number of nitrogens with zero attached hydrogens (tertiary/aromatic N) is 2. The van der Waals surface area contributed by atoms with Crippen molar-refractivity contribution in [2.75, 3.05) is 53.4 Å². The monoisotopic (exact) mass is 243 g/mol. The van der Waals surface area contributed by atoms with Crippen molar-refractivity contribution in [1.82, 2.24) is 9.80 Å². The molecule has 0 radical (unpaired) electrons. The van der Waals surface area contributed by atoms with Gasteiger partial charge in [-0.15, -0.1) is 0 Å². The molecule has 0 unspecified atom stereocenters. The Morgan fingerprint density at radius 1 is 1.24 bits per heavy atom. The van der Waals surface area contributed by atoms with Gasteiger partial charge >= 0.3 is 0 Å². The summed E-state index contributed by atoms with van der Waals surface area (Å²) in [5, 5.41) is 0. The zero-order chi connectivity index (χ0) is 12.5. The Morgan fingerprint density at radius 3 is 2.53 bits per heavy atom. The summed E-state index contributed by atoms with van der Waals surface area (Å²) in [7, 11) is 4.27. The maximum Gasteiger partial charge on any atom is 0.0599 e. The summed E-state index contributed by atoms with van der Waals surface area (Å²) >= 11 is 0. The molecule has 1 heterocycles. The number of ether oxygens (including phenoxy) is 1. The minimum absolute atomic E-state index is 0.478. The highest BCUT2D eigenvalue weighted by molar-refractivity contribution is 4.72. The molecule has 1 aliphatic heterocycles. The molecule has 0 bridgehead atoms. The van der Waals surface area contributed by atoms with Gasteiger partial charge in [0.15, 0.2) is 0 Å². The van der Waals surface area contributed by atoms with Crippen molar-refractivity contribution in [1.29, 1.82) is 0 Å². The van der Waals surface area contributed by atoms with E-state index in [2.05, 4.69) is 23.9 Å². The van der Waals surface area contributed by atoms with Crippen molar-refractivity contribution in [2.24, 2.45) is 5.73 Å². The lowest BCUT2D eigenvalue weighted by Crippen LogP contribution is -2.38. The van der Waals surface area contributed by atoms with Gasteiger partial charge in [-0.05, 0) is 59.4 Å². The van der Waals surface area contributed by atoms with Gasteiger partial charge < -0.3 is 20.3 Å². The molecule has 0 atom stereocenters. The first kappa shape index (κ1) is 14.9. The van der Waals surface area contributed by atoms with Crippen LogP contribution in [0.25, 0.3) is 0 Å². The van der Waals surface area contributed by atoms with Crippen molar-refractivity contribution >= 4 is 0 Å². The maximum atomic E-state index is 5.80. The molecule has 102 valence electrons. The predicted octanol–water partition coefficient (Wildman–Crippen LogP) is 0.768. The second kappa shape index (κ2) is 8.86. The Balaban J connectivity index is 2.01. The van der Waals surface area contributed by atoms with E-state index in [4.69, 9.17) is 10.5 Å². The molecule has 0 aliphatic carbocycles. The fourth-order valence-corrected chi connectivity index (χ4v) is 2.24. The fraction of sp³-hybridized carbons (Fsp3) is 1.00. The number of hydrogen-bond acceptors (Lipinski definition) is 4. The summed E-state index contributed by atoms with van der Waals surface area (Å²) in [6.07, 6.45) is 5.11. The summed E-state index contributed by atoms with van der Waals surface area (Å²) in [5.41, 5.74) is 5.45. The first-order valence-electron chi connectivity index (χ1n) is 6.91. The molecule has 0 aromatic rings. The fourth-order valence-electron chi connectivity index (χ4n) is 2.24. The molecule has 0 amide bonds. The van der Waals surface area contributed by atoms with Crippen molar-refractivity contribution in [3.63, 3.8) is 0 Å². The van der Waals surface area contributed by atoms with E-state index in [-0.39, 0.29) is 0 Å². The summed E-state index contributed by atoms with van der Waals surface area (Å²) in [6, 6.07) is 0. The van der Waals surface area contributed by atoms with E-state index < -0.39 is 0 Å². The largest absolute Gasteiger partial charge is 0.378 e. The van der Waals surface area contributed by atoms with Gasteiger partial charge in [0.2, 0.25) is 0 Å². The van der Waals surface area contributed by atoms with Gasteiger partial charge in [-0.3, -0.25) is 0 Å². The first-order chi connectivity index (χ1) is 8.22. The topological polar surface area (TPSA) is 41.7 Å². The van der Waals surface area contributed by atoms with Crippen LogP contribution in [0.1, 0.15) is 25.7 Å². The Kier molecular flexibility index (Phi) is 7.77. The second-order valence-electron chi connectivity index (χ2n) is 5.21. The number of rotatable bonds is 8. The molecular weight excluding hydrogens is 214 g/mol. The Labute approximate surface area is 106 Å². The lowest BCUT2D eigenvalue weighted by Gasteiger charge is -2.32. The summed E-state index contributed by atoms with van der Waals surface area (Å²) < 4.78 is 5.80. The molecule has 4 heteroatoms. The van der Waals surface area contributed by atoms with E-state index in [1.165, 1.54) is 45.4 Å². The SMILES string of the molecule is CN(C)CCCN1CCC(OCCCN)CC1. The van der Waals surface area contributed by atoms with Gasteiger partial charge in [0.1, 0.15) is 0 Å². The van der Waals surface area contributed by atoms with Crippen LogP contribution in [0.15, 0.2) is 0 Å². The summed E-state index contributed by atoms with van der Waals surface area (Å²) in [5.74, 6) is 0.